The van der Waals surface area contributed by atoms with E-state index in [1.165, 1.54) is 0 Å². The Balaban J connectivity index is 1.93. The van der Waals surface area contributed by atoms with E-state index in [1.54, 1.807) is 7.11 Å². The molecule has 3 aromatic carbocycles. The van der Waals surface area contributed by atoms with E-state index >= 15 is 0 Å². The number of methoxy groups -OCH3 is 1. The van der Waals surface area contributed by atoms with Crippen LogP contribution in [0.15, 0.2) is 72.3 Å². The van der Waals surface area contributed by atoms with Gasteiger partial charge in [0.05, 0.1) is 19.1 Å². The standard InChI is InChI=1S/C22H16O4/c1-25-18-10-8-15(9-11-18)21(19-13-20(23)26-22(19)24)17-7-6-14-4-2-3-5-16(14)12-17/h2-12H,13H2,1H3/b21-19-. The van der Waals surface area contributed by atoms with Crippen molar-refractivity contribution >= 4 is 28.3 Å². The summed E-state index contributed by atoms with van der Waals surface area (Å²) in [4.78, 5) is 23.9. The van der Waals surface area contributed by atoms with Crippen molar-refractivity contribution in [3.8, 4) is 5.75 Å². The van der Waals surface area contributed by atoms with Crippen LogP contribution in [0.3, 0.4) is 0 Å². The zero-order valence-electron chi connectivity index (χ0n) is 14.2. The zero-order chi connectivity index (χ0) is 18.1. The zero-order valence-corrected chi connectivity index (χ0v) is 14.2. The van der Waals surface area contributed by atoms with Crippen LogP contribution < -0.4 is 4.74 Å². The highest BCUT2D eigenvalue weighted by molar-refractivity contribution is 6.13. The SMILES string of the molecule is COc1ccc(/C(=C2\CC(=O)OC2=O)c2ccc3ccccc3c2)cc1. The number of hydrogen-bond acceptors (Lipinski definition) is 4. The summed E-state index contributed by atoms with van der Waals surface area (Å²) in [6.07, 6.45) is -0.0208. The largest absolute Gasteiger partial charge is 0.497 e. The smallest absolute Gasteiger partial charge is 0.342 e. The van der Waals surface area contributed by atoms with Crippen molar-refractivity contribution in [1.29, 1.82) is 0 Å². The van der Waals surface area contributed by atoms with Crippen molar-refractivity contribution in [2.75, 3.05) is 7.11 Å². The molecule has 0 bridgehead atoms. The Morgan fingerprint density at radius 1 is 0.885 bits per heavy atom. The second-order valence-electron chi connectivity index (χ2n) is 6.08. The van der Waals surface area contributed by atoms with Gasteiger partial charge in [0.2, 0.25) is 0 Å². The van der Waals surface area contributed by atoms with Crippen LogP contribution in [0.2, 0.25) is 0 Å². The number of cyclic esters (lactones) is 2. The molecule has 0 amide bonds. The predicted molar refractivity (Wildman–Crippen MR) is 98.7 cm³/mol. The third-order valence-electron chi connectivity index (χ3n) is 4.49. The van der Waals surface area contributed by atoms with Crippen molar-refractivity contribution in [3.63, 3.8) is 0 Å². The first-order valence-corrected chi connectivity index (χ1v) is 8.27. The second kappa shape index (κ2) is 6.48. The molecule has 1 aliphatic heterocycles. The fraction of sp³-hybridized carbons (Fsp3) is 0.0909. The highest BCUT2D eigenvalue weighted by atomic mass is 16.6. The first-order chi connectivity index (χ1) is 12.7. The highest BCUT2D eigenvalue weighted by Crippen LogP contribution is 2.34. The number of ether oxygens (including phenoxy) is 2. The maximum Gasteiger partial charge on any atom is 0.342 e. The Labute approximate surface area is 150 Å². The summed E-state index contributed by atoms with van der Waals surface area (Å²) in [6.45, 7) is 0. The molecule has 1 heterocycles. The van der Waals surface area contributed by atoms with E-state index in [0.29, 0.717) is 11.1 Å². The van der Waals surface area contributed by atoms with Gasteiger partial charge in [-0.15, -0.1) is 0 Å². The number of fused-ring (bicyclic) bond motifs is 1. The van der Waals surface area contributed by atoms with Crippen LogP contribution in [0.25, 0.3) is 16.3 Å². The first-order valence-electron chi connectivity index (χ1n) is 8.27. The molecule has 3 aromatic rings. The van der Waals surface area contributed by atoms with E-state index in [2.05, 4.69) is 0 Å². The monoisotopic (exact) mass is 344 g/mol. The number of carbonyl (C=O) groups excluding carboxylic acids is 2. The molecule has 0 unspecified atom stereocenters. The van der Waals surface area contributed by atoms with Crippen LogP contribution in [-0.4, -0.2) is 19.0 Å². The third kappa shape index (κ3) is 2.86. The lowest BCUT2D eigenvalue weighted by atomic mass is 9.91. The fourth-order valence-electron chi connectivity index (χ4n) is 3.23. The molecule has 1 aliphatic rings. The molecule has 4 rings (SSSR count). The number of rotatable bonds is 3. The van der Waals surface area contributed by atoms with E-state index < -0.39 is 11.9 Å². The summed E-state index contributed by atoms with van der Waals surface area (Å²) >= 11 is 0. The molecule has 4 nitrogen and oxygen atoms in total. The van der Waals surface area contributed by atoms with Gasteiger partial charge in [-0.1, -0.05) is 48.5 Å². The van der Waals surface area contributed by atoms with Gasteiger partial charge in [-0.25, -0.2) is 4.79 Å². The van der Waals surface area contributed by atoms with Crippen LogP contribution >= 0.6 is 0 Å². The summed E-state index contributed by atoms with van der Waals surface area (Å²) < 4.78 is 9.98. The molecule has 0 saturated carbocycles. The first kappa shape index (κ1) is 16.1. The lowest BCUT2D eigenvalue weighted by Crippen LogP contribution is -2.01. The molecule has 0 spiro atoms. The molecule has 0 aliphatic carbocycles. The lowest BCUT2D eigenvalue weighted by Gasteiger charge is -2.12. The minimum absolute atomic E-state index is 0.0208. The number of esters is 2. The average molecular weight is 344 g/mol. The summed E-state index contributed by atoms with van der Waals surface area (Å²) in [6, 6.07) is 21.4. The Morgan fingerprint density at radius 3 is 2.23 bits per heavy atom. The Morgan fingerprint density at radius 2 is 1.58 bits per heavy atom. The van der Waals surface area contributed by atoms with Gasteiger partial charge >= 0.3 is 11.9 Å². The number of hydrogen-bond donors (Lipinski definition) is 0. The van der Waals surface area contributed by atoms with Gasteiger partial charge in [0.25, 0.3) is 0 Å². The van der Waals surface area contributed by atoms with Crippen molar-refractivity contribution in [1.82, 2.24) is 0 Å². The molecular weight excluding hydrogens is 328 g/mol. The van der Waals surface area contributed by atoms with E-state index in [4.69, 9.17) is 9.47 Å². The van der Waals surface area contributed by atoms with Crippen LogP contribution in [-0.2, 0) is 14.3 Å². The molecular formula is C22H16O4. The highest BCUT2D eigenvalue weighted by Gasteiger charge is 2.31. The minimum atomic E-state index is -0.575. The van der Waals surface area contributed by atoms with E-state index in [0.717, 1.165) is 27.6 Å². The van der Waals surface area contributed by atoms with Gasteiger partial charge in [-0.2, -0.15) is 0 Å². The quantitative estimate of drug-likeness (QED) is 0.407. The van der Waals surface area contributed by atoms with E-state index in [1.807, 2.05) is 66.7 Å². The maximum atomic E-state index is 12.2. The van der Waals surface area contributed by atoms with Gasteiger partial charge in [0, 0.05) is 0 Å². The molecule has 0 N–H and O–H groups in total. The van der Waals surface area contributed by atoms with Gasteiger partial charge in [0.15, 0.2) is 0 Å². The van der Waals surface area contributed by atoms with E-state index in [9.17, 15) is 9.59 Å². The molecule has 0 atom stereocenters. The van der Waals surface area contributed by atoms with Gasteiger partial charge < -0.3 is 9.47 Å². The summed E-state index contributed by atoms with van der Waals surface area (Å²) in [5, 5.41) is 2.18. The van der Waals surface area contributed by atoms with Crippen molar-refractivity contribution < 1.29 is 19.1 Å². The van der Waals surface area contributed by atoms with Crippen molar-refractivity contribution in [2.24, 2.45) is 0 Å². The summed E-state index contributed by atoms with van der Waals surface area (Å²) in [5.74, 6) is -0.368. The Kier molecular flexibility index (Phi) is 4.01. The van der Waals surface area contributed by atoms with Gasteiger partial charge in [0.1, 0.15) is 5.75 Å². The van der Waals surface area contributed by atoms with Gasteiger partial charge in [-0.3, -0.25) is 4.79 Å². The van der Waals surface area contributed by atoms with E-state index in [-0.39, 0.29) is 6.42 Å². The van der Waals surface area contributed by atoms with Crippen LogP contribution in [0.5, 0.6) is 5.75 Å². The fourth-order valence-corrected chi connectivity index (χ4v) is 3.23. The van der Waals surface area contributed by atoms with Crippen LogP contribution in [0, 0.1) is 0 Å². The Hall–Kier alpha value is -3.40. The second-order valence-corrected chi connectivity index (χ2v) is 6.08. The molecule has 4 heteroatoms. The number of benzene rings is 3. The topological polar surface area (TPSA) is 52.6 Å². The van der Waals surface area contributed by atoms with Crippen molar-refractivity contribution in [2.45, 2.75) is 6.42 Å². The normalized spacial score (nSPS) is 15.9. The molecule has 26 heavy (non-hydrogen) atoms. The molecule has 128 valence electrons. The lowest BCUT2D eigenvalue weighted by molar-refractivity contribution is -0.151. The minimum Gasteiger partial charge on any atom is -0.497 e. The Bertz CT molecular complexity index is 1050. The molecule has 1 fully saturated rings. The maximum absolute atomic E-state index is 12.2. The third-order valence-corrected chi connectivity index (χ3v) is 4.49. The number of carbonyl (C=O) groups is 2. The predicted octanol–water partition coefficient (Wildman–Crippen LogP) is 4.12. The molecule has 0 radical (unpaired) electrons. The van der Waals surface area contributed by atoms with Gasteiger partial charge in [-0.05, 0) is 45.7 Å². The molecule has 1 saturated heterocycles. The van der Waals surface area contributed by atoms with Crippen LogP contribution in [0.4, 0.5) is 0 Å². The summed E-state index contributed by atoms with van der Waals surface area (Å²) in [7, 11) is 1.60. The van der Waals surface area contributed by atoms with Crippen molar-refractivity contribution in [3.05, 3.63) is 83.4 Å². The average Bonchev–Trinajstić information content (AvgIpc) is 3.00. The molecule has 0 aromatic heterocycles. The van der Waals surface area contributed by atoms with Crippen LogP contribution in [0.1, 0.15) is 17.5 Å². The summed E-state index contributed by atoms with van der Waals surface area (Å²) in [5.41, 5.74) is 2.81.